The molecule has 3 aromatic heterocycles. The van der Waals surface area contributed by atoms with Crippen molar-refractivity contribution in [1.82, 2.24) is 34.2 Å². The second kappa shape index (κ2) is 25.4. The molecule has 1 amide bonds. The Kier molecular flexibility index (Phi) is 19.2. The summed E-state index contributed by atoms with van der Waals surface area (Å²) in [7, 11) is -3.33. The summed E-state index contributed by atoms with van der Waals surface area (Å²) in [6.07, 6.45) is -3.35. The number of nitrogens with zero attached hydrogens (tertiary/aromatic N) is 10. The van der Waals surface area contributed by atoms with Crippen LogP contribution in [0.5, 0.6) is 0 Å². The number of amides is 1. The number of piperidine rings is 1. The van der Waals surface area contributed by atoms with Crippen molar-refractivity contribution in [2.75, 3.05) is 45.1 Å². The van der Waals surface area contributed by atoms with Gasteiger partial charge in [-0.25, -0.2) is 42.6 Å². The first-order chi connectivity index (χ1) is 38.1. The molecule has 1 saturated heterocycles. The van der Waals surface area contributed by atoms with Crippen molar-refractivity contribution in [1.29, 1.82) is 0 Å². The standard InChI is InChI=1S/C22H25F4N5O3S.C15H12F5N3.C15H14F4N4.CH4/c1-35(33,34)30-10-8-15(9-11-30)21(32)29-19-18(23)20(28-13-27-19)31(17-6-7-17)12-14-2-4-16(5-3-14)22(24,25)26;16-12-13(17)21-8-22-14(12)23(11-5-6-11)7-9-1-3-10(4-2-9)15(18,19)20;16-12-13(20)21-8-22-14(12)23(11-5-6-11)7-9-1-3-10(4-2-9)15(17,18)19;/h2-5,13,15,17H,6-12H2,1H3,(H,27,28,29,32);1-4,8,11H,5-7H2;1-4,8,11H,5-7H2,(H2,20,21,22);1H4. The van der Waals surface area contributed by atoms with Gasteiger partial charge in [0, 0.05) is 56.8 Å². The molecule has 0 spiro atoms. The molecule has 0 bridgehead atoms. The van der Waals surface area contributed by atoms with Crippen LogP contribution in [0.15, 0.2) is 91.8 Å². The van der Waals surface area contributed by atoms with Gasteiger partial charge in [0.15, 0.2) is 29.1 Å². The van der Waals surface area contributed by atoms with Crippen LogP contribution in [0.25, 0.3) is 0 Å². The van der Waals surface area contributed by atoms with E-state index in [0.717, 1.165) is 93.8 Å². The van der Waals surface area contributed by atoms with Crippen LogP contribution in [-0.4, -0.2) is 86.0 Å². The number of anilines is 5. The van der Waals surface area contributed by atoms with Crippen molar-refractivity contribution < 1.29 is 70.3 Å². The Labute approximate surface area is 462 Å². The number of nitrogen functional groups attached to an aromatic ring is 1. The maximum absolute atomic E-state index is 15.4. The van der Waals surface area contributed by atoms with E-state index in [9.17, 15) is 65.9 Å². The van der Waals surface area contributed by atoms with Crippen molar-refractivity contribution in [3.05, 3.63) is 149 Å². The highest BCUT2D eigenvalue weighted by Gasteiger charge is 2.38. The van der Waals surface area contributed by atoms with Crippen LogP contribution in [0.1, 0.15) is 92.2 Å². The van der Waals surface area contributed by atoms with Crippen LogP contribution in [-0.2, 0) is 53.0 Å². The Balaban J connectivity index is 0.000000182. The molecule has 6 aromatic rings. The lowest BCUT2D eigenvalue weighted by Crippen LogP contribution is -2.41. The average Bonchev–Trinajstić information content (AvgIpc) is 4.29. The Hall–Kier alpha value is -7.43. The molecule has 0 atom stereocenters. The molecule has 3 aliphatic carbocycles. The Morgan fingerprint density at radius 3 is 1.23 bits per heavy atom. The third-order valence-electron chi connectivity index (χ3n) is 13.5. The van der Waals surface area contributed by atoms with Gasteiger partial charge in [-0.3, -0.25) is 4.79 Å². The normalized spacial score (nSPS) is 15.9. The first-order valence-electron chi connectivity index (χ1n) is 25.1. The molecule has 3 N–H and O–H groups in total. The first kappa shape index (κ1) is 62.2. The Morgan fingerprint density at radius 2 is 0.878 bits per heavy atom. The average molecular weight is 1190 g/mol. The van der Waals surface area contributed by atoms with Crippen LogP contribution >= 0.6 is 0 Å². The highest BCUT2D eigenvalue weighted by Crippen LogP contribution is 2.39. The van der Waals surface area contributed by atoms with Gasteiger partial charge in [0.2, 0.25) is 33.4 Å². The number of carbonyl (C=O) groups is 1. The van der Waals surface area contributed by atoms with Gasteiger partial charge in [-0.1, -0.05) is 43.8 Å². The van der Waals surface area contributed by atoms with Crippen LogP contribution in [0, 0.1) is 29.3 Å². The number of halogens is 13. The Morgan fingerprint density at radius 1 is 0.537 bits per heavy atom. The molecule has 0 unspecified atom stereocenters. The zero-order valence-corrected chi connectivity index (χ0v) is 43.6. The number of carbonyl (C=O) groups excluding carboxylic acids is 1. The summed E-state index contributed by atoms with van der Waals surface area (Å²) in [6, 6.07) is 14.2. The number of hydrogen-bond donors (Lipinski definition) is 2. The largest absolute Gasteiger partial charge is 0.416 e. The molecule has 10 rings (SSSR count). The minimum atomic E-state index is -4.44. The molecule has 29 heteroatoms. The molecular formula is C53H55F13N12O3S. The van der Waals surface area contributed by atoms with Crippen LogP contribution in [0.4, 0.5) is 86.2 Å². The number of nitrogens with one attached hydrogen (secondary N) is 1. The maximum atomic E-state index is 15.4. The lowest BCUT2D eigenvalue weighted by atomic mass is 9.97. The Bertz CT molecular complexity index is 3130. The second-order valence-electron chi connectivity index (χ2n) is 19.6. The van der Waals surface area contributed by atoms with E-state index in [1.165, 1.54) is 47.0 Å². The number of sulfonamides is 1. The number of rotatable bonds is 15. The van der Waals surface area contributed by atoms with Crippen molar-refractivity contribution in [2.24, 2.45) is 5.92 Å². The number of benzene rings is 3. The minimum absolute atomic E-state index is 0. The fraction of sp³-hybridized carbons (Fsp3) is 0.415. The predicted molar refractivity (Wildman–Crippen MR) is 277 cm³/mol. The molecule has 4 aliphatic rings. The highest BCUT2D eigenvalue weighted by molar-refractivity contribution is 7.88. The van der Waals surface area contributed by atoms with Gasteiger partial charge >= 0.3 is 18.5 Å². The lowest BCUT2D eigenvalue weighted by Gasteiger charge is -2.29. The summed E-state index contributed by atoms with van der Waals surface area (Å²) < 4.78 is 195. The second-order valence-corrected chi connectivity index (χ2v) is 21.6. The fourth-order valence-corrected chi connectivity index (χ4v) is 9.58. The van der Waals surface area contributed by atoms with Crippen LogP contribution < -0.4 is 25.8 Å². The summed E-state index contributed by atoms with van der Waals surface area (Å²) >= 11 is 0. The molecule has 82 heavy (non-hydrogen) atoms. The van der Waals surface area contributed by atoms with Gasteiger partial charge in [-0.05, 0) is 104 Å². The van der Waals surface area contributed by atoms with E-state index in [4.69, 9.17) is 5.73 Å². The van der Waals surface area contributed by atoms with Gasteiger partial charge in [0.05, 0.1) is 22.9 Å². The summed E-state index contributed by atoms with van der Waals surface area (Å²) in [5.41, 5.74) is 5.00. The molecular weight excluding hydrogens is 1130 g/mol. The number of alkyl halides is 9. The van der Waals surface area contributed by atoms with E-state index in [-0.39, 0.29) is 87.4 Å². The topological polar surface area (TPSA) is 180 Å². The smallest absolute Gasteiger partial charge is 0.381 e. The predicted octanol–water partition coefficient (Wildman–Crippen LogP) is 11.4. The van der Waals surface area contributed by atoms with Gasteiger partial charge < -0.3 is 25.8 Å². The molecule has 442 valence electrons. The molecule has 0 radical (unpaired) electrons. The van der Waals surface area contributed by atoms with Crippen molar-refractivity contribution >= 4 is 45.0 Å². The van der Waals surface area contributed by atoms with Gasteiger partial charge in [-0.15, -0.1) is 0 Å². The zero-order chi connectivity index (χ0) is 58.6. The maximum Gasteiger partial charge on any atom is 0.416 e. The summed E-state index contributed by atoms with van der Waals surface area (Å²) in [5.74, 6) is -5.51. The third-order valence-corrected chi connectivity index (χ3v) is 14.8. The number of hydrogen-bond acceptors (Lipinski definition) is 13. The van der Waals surface area contributed by atoms with E-state index in [0.29, 0.717) is 29.5 Å². The number of aromatic nitrogens is 6. The summed E-state index contributed by atoms with van der Waals surface area (Å²) in [4.78, 5) is 40.0. The lowest BCUT2D eigenvalue weighted by molar-refractivity contribution is -0.138. The van der Waals surface area contributed by atoms with Crippen molar-refractivity contribution in [2.45, 2.75) is 115 Å². The van der Waals surface area contributed by atoms with Crippen LogP contribution in [0.2, 0.25) is 0 Å². The van der Waals surface area contributed by atoms with Gasteiger partial charge in [0.25, 0.3) is 5.95 Å². The molecule has 3 aromatic carbocycles. The monoisotopic (exact) mass is 1190 g/mol. The summed E-state index contributed by atoms with van der Waals surface area (Å²) in [6.45, 7) is 0.967. The van der Waals surface area contributed by atoms with Crippen molar-refractivity contribution in [3.63, 3.8) is 0 Å². The molecule has 3 saturated carbocycles. The van der Waals surface area contributed by atoms with E-state index >= 15 is 4.39 Å². The summed E-state index contributed by atoms with van der Waals surface area (Å²) in [5, 5.41) is 2.49. The van der Waals surface area contributed by atoms with Gasteiger partial charge in [-0.2, -0.15) is 57.1 Å². The first-order valence-corrected chi connectivity index (χ1v) is 27.0. The fourth-order valence-electron chi connectivity index (χ4n) is 8.71. The van der Waals surface area contributed by atoms with Crippen molar-refractivity contribution in [3.8, 4) is 0 Å². The third kappa shape index (κ3) is 16.2. The van der Waals surface area contributed by atoms with E-state index in [1.54, 1.807) is 14.7 Å². The quantitative estimate of drug-likeness (QED) is 0.0733. The highest BCUT2D eigenvalue weighted by atomic mass is 32.2. The molecule has 4 fully saturated rings. The minimum Gasteiger partial charge on any atom is -0.381 e. The van der Waals surface area contributed by atoms with E-state index < -0.39 is 80.5 Å². The molecule has 15 nitrogen and oxygen atoms in total. The molecule has 1 aliphatic heterocycles. The van der Waals surface area contributed by atoms with E-state index in [2.05, 4.69) is 35.2 Å². The van der Waals surface area contributed by atoms with Gasteiger partial charge in [0.1, 0.15) is 19.0 Å². The van der Waals surface area contributed by atoms with E-state index in [1.807, 2.05) is 0 Å². The van der Waals surface area contributed by atoms with Crippen LogP contribution in [0.3, 0.4) is 0 Å². The molecule has 4 heterocycles. The SMILES string of the molecule is C.CS(=O)(=O)N1CCC(C(=O)Nc2ncnc(N(Cc3ccc(C(F)(F)F)cc3)C3CC3)c2F)CC1.Fc1ncnc(N(Cc2ccc(C(F)(F)F)cc2)C2CC2)c1F.Nc1ncnc(N(Cc2ccc(C(F)(F)F)cc2)C2CC2)c1F. The number of nitrogens with two attached hydrogens (primary N) is 1. The zero-order valence-electron chi connectivity index (χ0n) is 42.8.